The van der Waals surface area contributed by atoms with Gasteiger partial charge < -0.3 is 0 Å². The number of para-hydroxylation sites is 2. The van der Waals surface area contributed by atoms with Crippen LogP contribution in [0.5, 0.6) is 0 Å². The monoisotopic (exact) mass is 248 g/mol. The summed E-state index contributed by atoms with van der Waals surface area (Å²) in [6.07, 6.45) is 4.57. The first-order valence-corrected chi connectivity index (χ1v) is 6.85. The molecule has 0 atom stereocenters. The first-order chi connectivity index (χ1) is 9.43. The summed E-state index contributed by atoms with van der Waals surface area (Å²) >= 11 is 0. The van der Waals surface area contributed by atoms with Gasteiger partial charge in [0, 0.05) is 18.1 Å². The highest BCUT2D eigenvalue weighted by atomic mass is 15.5. The van der Waals surface area contributed by atoms with E-state index in [1.165, 1.54) is 35.0 Å². The Morgan fingerprint density at radius 2 is 1.68 bits per heavy atom. The van der Waals surface area contributed by atoms with Gasteiger partial charge in [-0.2, -0.15) is 0 Å². The van der Waals surface area contributed by atoms with Gasteiger partial charge in [-0.3, -0.25) is 9.69 Å². The van der Waals surface area contributed by atoms with E-state index in [1.54, 1.807) is 0 Å². The van der Waals surface area contributed by atoms with Crippen molar-refractivity contribution in [2.75, 3.05) is 11.6 Å². The van der Waals surface area contributed by atoms with E-state index in [0.717, 1.165) is 6.54 Å². The Hall–Kier alpha value is -2.22. The summed E-state index contributed by atoms with van der Waals surface area (Å²) in [5.74, 6) is 0. The Bertz CT molecular complexity index is 727. The molecule has 1 aromatic heterocycles. The van der Waals surface area contributed by atoms with E-state index in [0.29, 0.717) is 0 Å². The second kappa shape index (κ2) is 4.16. The maximum atomic E-state index is 2.39. The molecule has 0 fully saturated rings. The highest BCUT2D eigenvalue weighted by Gasteiger charge is 2.18. The van der Waals surface area contributed by atoms with Crippen molar-refractivity contribution in [1.82, 2.24) is 4.68 Å². The molecule has 2 heteroatoms. The number of aromatic nitrogens is 1. The van der Waals surface area contributed by atoms with Crippen LogP contribution in [0.3, 0.4) is 0 Å². The minimum Gasteiger partial charge on any atom is -0.281 e. The van der Waals surface area contributed by atoms with Gasteiger partial charge >= 0.3 is 0 Å². The van der Waals surface area contributed by atoms with Crippen molar-refractivity contribution in [3.63, 3.8) is 0 Å². The summed E-state index contributed by atoms with van der Waals surface area (Å²) in [5.41, 5.74) is 4.07. The van der Waals surface area contributed by atoms with Gasteiger partial charge in [0.15, 0.2) is 0 Å². The summed E-state index contributed by atoms with van der Waals surface area (Å²) in [7, 11) is 0. The zero-order chi connectivity index (χ0) is 12.7. The molecule has 1 aliphatic heterocycles. The molecule has 0 spiro atoms. The van der Waals surface area contributed by atoms with Gasteiger partial charge in [0.25, 0.3) is 0 Å². The van der Waals surface area contributed by atoms with Crippen LogP contribution in [0.1, 0.15) is 12.0 Å². The Kier molecular flexibility index (Phi) is 2.34. The van der Waals surface area contributed by atoms with Gasteiger partial charge in [0.05, 0.1) is 11.2 Å². The molecular weight excluding hydrogens is 232 g/mol. The zero-order valence-corrected chi connectivity index (χ0v) is 10.8. The Morgan fingerprint density at radius 3 is 2.68 bits per heavy atom. The van der Waals surface area contributed by atoms with Crippen LogP contribution in [-0.2, 0) is 6.42 Å². The van der Waals surface area contributed by atoms with E-state index >= 15 is 0 Å². The maximum absolute atomic E-state index is 2.39. The van der Waals surface area contributed by atoms with E-state index < -0.39 is 0 Å². The van der Waals surface area contributed by atoms with Gasteiger partial charge in [-0.15, -0.1) is 0 Å². The first-order valence-electron chi connectivity index (χ1n) is 6.85. The van der Waals surface area contributed by atoms with Gasteiger partial charge in [-0.25, -0.2) is 0 Å². The van der Waals surface area contributed by atoms with Gasteiger partial charge in [0.1, 0.15) is 0 Å². The van der Waals surface area contributed by atoms with Crippen LogP contribution in [0.15, 0.2) is 60.8 Å². The van der Waals surface area contributed by atoms with Gasteiger partial charge in [-0.05, 0) is 36.6 Å². The highest BCUT2D eigenvalue weighted by Crippen LogP contribution is 2.29. The fraction of sp³-hybridized carbons (Fsp3) is 0.176. The molecule has 0 radical (unpaired) electrons. The van der Waals surface area contributed by atoms with E-state index in [9.17, 15) is 0 Å². The van der Waals surface area contributed by atoms with Crippen LogP contribution in [0, 0.1) is 0 Å². The molecule has 0 saturated heterocycles. The molecule has 94 valence electrons. The summed E-state index contributed by atoms with van der Waals surface area (Å²) in [5, 5.41) is 3.69. The Morgan fingerprint density at radius 1 is 0.842 bits per heavy atom. The average Bonchev–Trinajstić information content (AvgIpc) is 2.90. The average molecular weight is 248 g/mol. The smallest absolute Gasteiger partial charge is 0.0698 e. The lowest BCUT2D eigenvalue weighted by Crippen LogP contribution is -2.33. The number of nitrogens with zero attached hydrogens (tertiary/aromatic N) is 2. The van der Waals surface area contributed by atoms with E-state index in [-0.39, 0.29) is 0 Å². The lowest BCUT2D eigenvalue weighted by molar-refractivity contribution is 0.640. The van der Waals surface area contributed by atoms with E-state index in [1.807, 2.05) is 0 Å². The van der Waals surface area contributed by atoms with Crippen LogP contribution >= 0.6 is 0 Å². The van der Waals surface area contributed by atoms with Crippen molar-refractivity contribution < 1.29 is 0 Å². The maximum Gasteiger partial charge on any atom is 0.0698 e. The number of hydrogen-bond acceptors (Lipinski definition) is 1. The lowest BCUT2D eigenvalue weighted by Gasteiger charge is -2.32. The van der Waals surface area contributed by atoms with Gasteiger partial charge in [0.2, 0.25) is 0 Å². The normalized spacial score (nSPS) is 14.6. The Labute approximate surface area is 112 Å². The van der Waals surface area contributed by atoms with Crippen molar-refractivity contribution in [1.29, 1.82) is 0 Å². The molecule has 19 heavy (non-hydrogen) atoms. The van der Waals surface area contributed by atoms with Crippen molar-refractivity contribution in [3.05, 3.63) is 66.4 Å². The van der Waals surface area contributed by atoms with Crippen LogP contribution < -0.4 is 5.01 Å². The molecule has 0 aliphatic carbocycles. The predicted octanol–water partition coefficient (Wildman–Crippen LogP) is 3.86. The van der Waals surface area contributed by atoms with Crippen molar-refractivity contribution in [3.8, 4) is 0 Å². The molecule has 1 aliphatic rings. The molecule has 2 aromatic carbocycles. The van der Waals surface area contributed by atoms with Crippen LogP contribution in [-0.4, -0.2) is 11.2 Å². The first kappa shape index (κ1) is 10.7. The topological polar surface area (TPSA) is 8.17 Å². The van der Waals surface area contributed by atoms with Crippen molar-refractivity contribution in [2.24, 2.45) is 0 Å². The fourth-order valence-electron chi connectivity index (χ4n) is 3.02. The SMILES string of the molecule is c1ccc2c(c1)CCCN2n1ccc2ccccc21. The van der Waals surface area contributed by atoms with Crippen LogP contribution in [0.2, 0.25) is 0 Å². The second-order valence-electron chi connectivity index (χ2n) is 5.07. The summed E-state index contributed by atoms with van der Waals surface area (Å²) < 4.78 is 2.29. The summed E-state index contributed by atoms with van der Waals surface area (Å²) in [6.45, 7) is 1.08. The number of aryl methyl sites for hydroxylation is 1. The van der Waals surface area contributed by atoms with Gasteiger partial charge in [-0.1, -0.05) is 36.4 Å². The van der Waals surface area contributed by atoms with E-state index in [4.69, 9.17) is 0 Å². The largest absolute Gasteiger partial charge is 0.281 e. The molecule has 0 saturated carbocycles. The number of hydrogen-bond donors (Lipinski definition) is 0. The number of anilines is 1. The quantitative estimate of drug-likeness (QED) is 0.635. The molecular formula is C17H16N2. The lowest BCUT2D eigenvalue weighted by atomic mass is 10.0. The predicted molar refractivity (Wildman–Crippen MR) is 79.4 cm³/mol. The fourth-order valence-corrected chi connectivity index (χ4v) is 3.02. The van der Waals surface area contributed by atoms with Crippen LogP contribution in [0.25, 0.3) is 10.9 Å². The minimum absolute atomic E-state index is 1.08. The second-order valence-corrected chi connectivity index (χ2v) is 5.07. The number of benzene rings is 2. The third-order valence-electron chi connectivity index (χ3n) is 3.92. The third-order valence-corrected chi connectivity index (χ3v) is 3.92. The molecule has 4 rings (SSSR count). The summed E-state index contributed by atoms with van der Waals surface area (Å²) in [6, 6.07) is 19.5. The van der Waals surface area contributed by atoms with Crippen molar-refractivity contribution >= 4 is 16.6 Å². The zero-order valence-electron chi connectivity index (χ0n) is 10.8. The minimum atomic E-state index is 1.08. The third kappa shape index (κ3) is 1.64. The molecule has 0 bridgehead atoms. The number of rotatable bonds is 1. The Balaban J connectivity index is 1.90. The van der Waals surface area contributed by atoms with Crippen molar-refractivity contribution in [2.45, 2.75) is 12.8 Å². The molecule has 2 nitrogen and oxygen atoms in total. The molecule has 0 N–H and O–H groups in total. The van der Waals surface area contributed by atoms with Crippen LogP contribution in [0.4, 0.5) is 5.69 Å². The van der Waals surface area contributed by atoms with E-state index in [2.05, 4.69) is 70.5 Å². The molecule has 2 heterocycles. The summed E-state index contributed by atoms with van der Waals surface area (Å²) in [4.78, 5) is 0. The molecule has 3 aromatic rings. The standard InChI is InChI=1S/C17H16N2/c1-3-9-16-14(6-1)8-5-12-18(16)19-13-11-15-7-2-4-10-17(15)19/h1-4,6-7,9-11,13H,5,8,12H2. The number of fused-ring (bicyclic) bond motifs is 2. The highest BCUT2D eigenvalue weighted by molar-refractivity contribution is 5.81. The molecule has 0 unspecified atom stereocenters. The molecule has 0 amide bonds.